The second-order valence-corrected chi connectivity index (χ2v) is 10.5. The number of aryl methyl sites for hydroxylation is 1. The van der Waals surface area contributed by atoms with Crippen LogP contribution in [-0.4, -0.2) is 45.0 Å². The van der Waals surface area contributed by atoms with Crippen LogP contribution in [0.1, 0.15) is 12.8 Å². The molecule has 3 aromatic carbocycles. The Bertz CT molecular complexity index is 1780. The van der Waals surface area contributed by atoms with Gasteiger partial charge in [0.2, 0.25) is 5.91 Å². The molecule has 1 unspecified atom stereocenters. The Labute approximate surface area is 236 Å². The number of aromatic nitrogens is 3. The van der Waals surface area contributed by atoms with Gasteiger partial charge in [0, 0.05) is 47.8 Å². The van der Waals surface area contributed by atoms with Crippen LogP contribution in [-0.2, 0) is 11.8 Å². The number of carbonyl (C=O) groups excluding carboxylic acids is 1. The predicted octanol–water partition coefficient (Wildman–Crippen LogP) is 6.91. The molecule has 1 aliphatic rings. The molecule has 1 saturated heterocycles. The minimum atomic E-state index is -0.502. The van der Waals surface area contributed by atoms with Gasteiger partial charge in [-0.1, -0.05) is 29.8 Å². The summed E-state index contributed by atoms with van der Waals surface area (Å²) in [5.41, 5.74) is 4.61. The van der Waals surface area contributed by atoms with Crippen molar-refractivity contribution in [3.8, 4) is 11.1 Å². The number of benzene rings is 3. The summed E-state index contributed by atoms with van der Waals surface area (Å²) in [7, 11) is 4.07. The number of hydrogen-bond acceptors (Lipinski definition) is 5. The van der Waals surface area contributed by atoms with Crippen LogP contribution in [0.5, 0.6) is 0 Å². The summed E-state index contributed by atoms with van der Waals surface area (Å²) in [6.45, 7) is 1.03. The van der Waals surface area contributed by atoms with Gasteiger partial charge >= 0.3 is 0 Å². The van der Waals surface area contributed by atoms with Crippen molar-refractivity contribution in [1.82, 2.24) is 19.4 Å². The Morgan fingerprint density at radius 2 is 1.98 bits per heavy atom. The molecular weight excluding hydrogens is 527 g/mol. The van der Waals surface area contributed by atoms with Gasteiger partial charge in [-0.3, -0.25) is 9.69 Å². The SMILES string of the molecule is CN1CCCC1C=CC(=O)Nc1ccc2ncnc(Nc3ccc(F)c(Cl)c3)c2c1-c1ccc2ccn(C)c2c1. The van der Waals surface area contributed by atoms with Crippen molar-refractivity contribution in [2.24, 2.45) is 7.05 Å². The summed E-state index contributed by atoms with van der Waals surface area (Å²) in [6.07, 6.45) is 9.23. The number of halogens is 2. The van der Waals surface area contributed by atoms with Gasteiger partial charge in [0.25, 0.3) is 0 Å². The van der Waals surface area contributed by atoms with Crippen LogP contribution in [0.4, 0.5) is 21.6 Å². The molecular formula is C31H28ClFN6O. The maximum atomic E-state index is 13.8. The monoisotopic (exact) mass is 554 g/mol. The normalized spacial score (nSPS) is 15.8. The van der Waals surface area contributed by atoms with E-state index in [-0.39, 0.29) is 17.0 Å². The van der Waals surface area contributed by atoms with Gasteiger partial charge in [0.05, 0.1) is 15.9 Å². The molecule has 1 aliphatic heterocycles. The summed E-state index contributed by atoms with van der Waals surface area (Å²) in [4.78, 5) is 24.4. The molecule has 3 heterocycles. The fourth-order valence-electron chi connectivity index (χ4n) is 5.33. The van der Waals surface area contributed by atoms with E-state index in [4.69, 9.17) is 11.6 Å². The molecule has 0 spiro atoms. The summed E-state index contributed by atoms with van der Waals surface area (Å²) in [5, 5.41) is 8.20. The molecule has 1 amide bonds. The highest BCUT2D eigenvalue weighted by molar-refractivity contribution is 6.31. The van der Waals surface area contributed by atoms with Crippen LogP contribution < -0.4 is 10.6 Å². The number of nitrogens with one attached hydrogen (secondary N) is 2. The Morgan fingerprint density at radius 1 is 1.10 bits per heavy atom. The quantitative estimate of drug-likeness (QED) is 0.223. The molecule has 2 aromatic heterocycles. The predicted molar refractivity (Wildman–Crippen MR) is 160 cm³/mol. The van der Waals surface area contributed by atoms with Gasteiger partial charge in [-0.05, 0) is 79.8 Å². The number of fused-ring (bicyclic) bond motifs is 2. The Balaban J connectivity index is 1.48. The van der Waals surface area contributed by atoms with Crippen LogP contribution >= 0.6 is 11.6 Å². The van der Waals surface area contributed by atoms with Crippen LogP contribution in [0.15, 0.2) is 79.3 Å². The third-order valence-electron chi connectivity index (χ3n) is 7.47. The average Bonchev–Trinajstić information content (AvgIpc) is 3.54. The van der Waals surface area contributed by atoms with E-state index >= 15 is 0 Å². The number of rotatable bonds is 6. The number of likely N-dealkylation sites (tertiary alicyclic amines) is 1. The van der Waals surface area contributed by atoms with Crippen molar-refractivity contribution in [2.45, 2.75) is 18.9 Å². The second-order valence-electron chi connectivity index (χ2n) is 10.1. The van der Waals surface area contributed by atoms with E-state index < -0.39 is 5.82 Å². The highest BCUT2D eigenvalue weighted by Gasteiger charge is 2.20. The summed E-state index contributed by atoms with van der Waals surface area (Å²) in [6, 6.07) is 16.6. The molecule has 7 nitrogen and oxygen atoms in total. The maximum Gasteiger partial charge on any atom is 0.248 e. The minimum absolute atomic E-state index is 0.00499. The third-order valence-corrected chi connectivity index (χ3v) is 7.76. The zero-order chi connectivity index (χ0) is 27.8. The topological polar surface area (TPSA) is 75.1 Å². The fourth-order valence-corrected chi connectivity index (χ4v) is 5.51. The van der Waals surface area contributed by atoms with E-state index in [2.05, 4.69) is 55.3 Å². The van der Waals surface area contributed by atoms with E-state index in [0.29, 0.717) is 28.1 Å². The third kappa shape index (κ3) is 5.03. The largest absolute Gasteiger partial charge is 0.351 e. The molecule has 2 N–H and O–H groups in total. The molecule has 202 valence electrons. The lowest BCUT2D eigenvalue weighted by Gasteiger charge is -2.17. The smallest absolute Gasteiger partial charge is 0.248 e. The Morgan fingerprint density at radius 3 is 2.77 bits per heavy atom. The molecule has 9 heteroatoms. The summed E-state index contributed by atoms with van der Waals surface area (Å²) >= 11 is 6.05. The van der Waals surface area contributed by atoms with Gasteiger partial charge < -0.3 is 15.2 Å². The van der Waals surface area contributed by atoms with Crippen molar-refractivity contribution in [3.05, 3.63) is 90.1 Å². The molecule has 1 atom stereocenters. The molecule has 0 saturated carbocycles. The van der Waals surface area contributed by atoms with Crippen LogP contribution in [0, 0.1) is 5.82 Å². The Kier molecular flexibility index (Phi) is 6.96. The number of nitrogens with zero attached hydrogens (tertiary/aromatic N) is 4. The first-order valence-corrected chi connectivity index (χ1v) is 13.5. The number of carbonyl (C=O) groups is 1. The van der Waals surface area contributed by atoms with Crippen LogP contribution in [0.3, 0.4) is 0 Å². The summed E-state index contributed by atoms with van der Waals surface area (Å²) < 4.78 is 15.9. The second kappa shape index (κ2) is 10.7. The fraction of sp³-hybridized carbons (Fsp3) is 0.194. The van der Waals surface area contributed by atoms with Gasteiger partial charge in [-0.25, -0.2) is 14.4 Å². The zero-order valence-electron chi connectivity index (χ0n) is 22.2. The van der Waals surface area contributed by atoms with E-state index in [1.54, 1.807) is 12.1 Å². The first kappa shape index (κ1) is 26.0. The van der Waals surface area contributed by atoms with Gasteiger partial charge in [-0.15, -0.1) is 0 Å². The van der Waals surface area contributed by atoms with Gasteiger partial charge in [0.1, 0.15) is 18.0 Å². The van der Waals surface area contributed by atoms with Crippen molar-refractivity contribution >= 4 is 56.5 Å². The van der Waals surface area contributed by atoms with Crippen molar-refractivity contribution in [2.75, 3.05) is 24.2 Å². The van der Waals surface area contributed by atoms with Crippen molar-refractivity contribution in [1.29, 1.82) is 0 Å². The molecule has 0 aliphatic carbocycles. The lowest BCUT2D eigenvalue weighted by Crippen LogP contribution is -2.23. The lowest BCUT2D eigenvalue weighted by molar-refractivity contribution is -0.111. The van der Waals surface area contributed by atoms with E-state index in [1.165, 1.54) is 18.5 Å². The lowest BCUT2D eigenvalue weighted by atomic mass is 9.97. The molecule has 40 heavy (non-hydrogen) atoms. The summed E-state index contributed by atoms with van der Waals surface area (Å²) in [5.74, 6) is -0.204. The molecule has 0 bridgehead atoms. The average molecular weight is 555 g/mol. The minimum Gasteiger partial charge on any atom is -0.351 e. The zero-order valence-corrected chi connectivity index (χ0v) is 22.9. The van der Waals surface area contributed by atoms with Gasteiger partial charge in [0.15, 0.2) is 0 Å². The number of amides is 1. The molecule has 0 radical (unpaired) electrons. The molecule has 6 rings (SSSR count). The maximum absolute atomic E-state index is 13.8. The Hall–Kier alpha value is -4.27. The highest BCUT2D eigenvalue weighted by atomic mass is 35.5. The number of hydrogen-bond donors (Lipinski definition) is 2. The number of anilines is 3. The molecule has 5 aromatic rings. The first-order valence-electron chi connectivity index (χ1n) is 13.1. The van der Waals surface area contributed by atoms with Crippen LogP contribution in [0.25, 0.3) is 32.9 Å². The van der Waals surface area contributed by atoms with E-state index in [0.717, 1.165) is 41.4 Å². The van der Waals surface area contributed by atoms with E-state index in [1.807, 2.05) is 37.5 Å². The van der Waals surface area contributed by atoms with Crippen LogP contribution in [0.2, 0.25) is 5.02 Å². The van der Waals surface area contributed by atoms with Crippen molar-refractivity contribution in [3.63, 3.8) is 0 Å². The molecule has 1 fully saturated rings. The highest BCUT2D eigenvalue weighted by Crippen LogP contribution is 2.40. The van der Waals surface area contributed by atoms with E-state index in [9.17, 15) is 9.18 Å². The van der Waals surface area contributed by atoms with Crippen molar-refractivity contribution < 1.29 is 9.18 Å². The number of likely N-dealkylation sites (N-methyl/N-ethyl adjacent to an activating group) is 1. The standard InChI is InChI=1S/C31H28ClFN6O/c1-38-14-3-4-22(38)8-12-28(40)37-26-11-10-25-30(29(26)20-6-5-19-13-15-39(2)27(19)16-20)31(35-18-34-25)36-21-7-9-24(33)23(32)17-21/h5-13,15-18,22H,3-4,14H2,1-2H3,(H,37,40)(H,34,35,36). The van der Waals surface area contributed by atoms with Gasteiger partial charge in [-0.2, -0.15) is 0 Å². The first-order chi connectivity index (χ1) is 19.4.